The van der Waals surface area contributed by atoms with Gasteiger partial charge < -0.3 is 9.47 Å². The van der Waals surface area contributed by atoms with E-state index in [-0.39, 0.29) is 0 Å². The van der Waals surface area contributed by atoms with Crippen LogP contribution in [0.2, 0.25) is 0 Å². The van der Waals surface area contributed by atoms with Gasteiger partial charge in [0.1, 0.15) is 0 Å². The number of hydrogen-bond acceptors (Lipinski definition) is 4. The SMILES string of the molecule is c1ccc(N2c3ccccc3Sc3cc(-c4ccc5c(c4)c4c6ccccc6ccc4n5-c4cccc(-c5nc(-c6cccc7ccccc67)c6ccccc6n5)c4)ccc32)cc1. The molecule has 0 fully saturated rings. The molecule has 12 aromatic rings. The second kappa shape index (κ2) is 14.3. The molecule has 13 rings (SSSR count). The first-order chi connectivity index (χ1) is 31.2. The molecule has 294 valence electrons. The van der Waals surface area contributed by atoms with E-state index >= 15 is 0 Å². The molecule has 0 amide bonds. The highest BCUT2D eigenvalue weighted by molar-refractivity contribution is 7.99. The molecule has 10 aromatic carbocycles. The maximum absolute atomic E-state index is 5.36. The summed E-state index contributed by atoms with van der Waals surface area (Å²) >= 11 is 1.84. The fraction of sp³-hybridized carbons (Fsp3) is 0. The molecule has 0 unspecified atom stereocenters. The summed E-state index contributed by atoms with van der Waals surface area (Å²) in [6.07, 6.45) is 0. The Morgan fingerprint density at radius 1 is 0.381 bits per heavy atom. The molecule has 0 spiro atoms. The Morgan fingerprint density at radius 2 is 1.05 bits per heavy atom. The van der Waals surface area contributed by atoms with Gasteiger partial charge in [-0.2, -0.15) is 0 Å². The van der Waals surface area contributed by atoms with E-state index in [1.54, 1.807) is 0 Å². The number of fused-ring (bicyclic) bond motifs is 9. The molecule has 0 N–H and O–H groups in total. The lowest BCUT2D eigenvalue weighted by Crippen LogP contribution is -2.14. The van der Waals surface area contributed by atoms with E-state index in [0.29, 0.717) is 5.82 Å². The van der Waals surface area contributed by atoms with Crippen molar-refractivity contribution in [2.24, 2.45) is 0 Å². The third-order valence-electron chi connectivity index (χ3n) is 12.5. The van der Waals surface area contributed by atoms with E-state index in [4.69, 9.17) is 9.97 Å². The van der Waals surface area contributed by atoms with Gasteiger partial charge in [0.2, 0.25) is 0 Å². The first kappa shape index (κ1) is 35.7. The Bertz CT molecular complexity index is 3790. The van der Waals surface area contributed by atoms with Crippen LogP contribution >= 0.6 is 11.8 Å². The van der Waals surface area contributed by atoms with Crippen LogP contribution < -0.4 is 4.90 Å². The van der Waals surface area contributed by atoms with Gasteiger partial charge in [-0.05, 0) is 105 Å². The highest BCUT2D eigenvalue weighted by Crippen LogP contribution is 2.52. The molecule has 0 saturated heterocycles. The van der Waals surface area contributed by atoms with Crippen LogP contribution in [0.5, 0.6) is 0 Å². The predicted molar refractivity (Wildman–Crippen MR) is 264 cm³/mol. The number of hydrogen-bond donors (Lipinski definition) is 0. The number of anilines is 3. The molecule has 1 aliphatic rings. The van der Waals surface area contributed by atoms with Gasteiger partial charge in [-0.25, -0.2) is 9.97 Å². The number of benzene rings is 10. The van der Waals surface area contributed by atoms with Crippen LogP contribution in [0.15, 0.2) is 228 Å². The molecule has 2 aromatic heterocycles. The lowest BCUT2D eigenvalue weighted by Gasteiger charge is -2.33. The Kier molecular flexibility index (Phi) is 8.11. The van der Waals surface area contributed by atoms with Crippen LogP contribution in [0.3, 0.4) is 0 Å². The average molecular weight is 821 g/mol. The van der Waals surface area contributed by atoms with Crippen LogP contribution in [0.1, 0.15) is 0 Å². The van der Waals surface area contributed by atoms with Gasteiger partial charge in [0.05, 0.1) is 33.6 Å². The van der Waals surface area contributed by atoms with Gasteiger partial charge in [0, 0.05) is 48.5 Å². The molecule has 0 bridgehead atoms. The zero-order chi connectivity index (χ0) is 41.4. The van der Waals surface area contributed by atoms with E-state index in [0.717, 1.165) is 50.1 Å². The average Bonchev–Trinajstić information content (AvgIpc) is 3.69. The molecule has 5 heteroatoms. The maximum Gasteiger partial charge on any atom is 0.160 e. The quantitative estimate of drug-likeness (QED) is 0.173. The molecular weight excluding hydrogens is 785 g/mol. The molecule has 0 radical (unpaired) electrons. The van der Waals surface area contributed by atoms with E-state index in [1.165, 1.54) is 64.6 Å². The molecule has 4 nitrogen and oxygen atoms in total. The summed E-state index contributed by atoms with van der Waals surface area (Å²) in [4.78, 5) is 15.4. The van der Waals surface area contributed by atoms with Crippen LogP contribution in [0.4, 0.5) is 17.1 Å². The number of para-hydroxylation sites is 3. The van der Waals surface area contributed by atoms with E-state index in [9.17, 15) is 0 Å². The van der Waals surface area contributed by atoms with Crippen molar-refractivity contribution in [1.29, 1.82) is 0 Å². The third kappa shape index (κ3) is 5.78. The fourth-order valence-corrected chi connectivity index (χ4v) is 10.8. The number of rotatable bonds is 5. The summed E-state index contributed by atoms with van der Waals surface area (Å²) in [5.74, 6) is 0.700. The molecule has 0 saturated carbocycles. The van der Waals surface area contributed by atoms with Crippen LogP contribution in [-0.4, -0.2) is 14.5 Å². The van der Waals surface area contributed by atoms with Crippen LogP contribution in [-0.2, 0) is 0 Å². The Balaban J connectivity index is 0.973. The van der Waals surface area contributed by atoms with Gasteiger partial charge in [-0.3, -0.25) is 0 Å². The van der Waals surface area contributed by atoms with Gasteiger partial charge in [-0.1, -0.05) is 157 Å². The molecule has 1 aliphatic heterocycles. The molecular formula is C58H36N4S. The van der Waals surface area contributed by atoms with Crippen molar-refractivity contribution < 1.29 is 0 Å². The largest absolute Gasteiger partial charge is 0.309 e. The highest BCUT2D eigenvalue weighted by Gasteiger charge is 2.25. The van der Waals surface area contributed by atoms with Crippen molar-refractivity contribution in [3.63, 3.8) is 0 Å². The number of nitrogens with zero attached hydrogens (tertiary/aromatic N) is 4. The predicted octanol–water partition coefficient (Wildman–Crippen LogP) is 16.0. The van der Waals surface area contributed by atoms with Crippen molar-refractivity contribution in [2.75, 3.05) is 4.90 Å². The van der Waals surface area contributed by atoms with E-state index in [2.05, 4.69) is 228 Å². The van der Waals surface area contributed by atoms with Crippen LogP contribution in [0.25, 0.3) is 93.7 Å². The lowest BCUT2D eigenvalue weighted by atomic mass is 9.99. The monoisotopic (exact) mass is 820 g/mol. The van der Waals surface area contributed by atoms with E-state index < -0.39 is 0 Å². The maximum atomic E-state index is 5.36. The smallest absolute Gasteiger partial charge is 0.160 e. The summed E-state index contributed by atoms with van der Waals surface area (Å²) in [5.41, 5.74) is 13.2. The van der Waals surface area contributed by atoms with Gasteiger partial charge in [-0.15, -0.1) is 0 Å². The van der Waals surface area contributed by atoms with Crippen molar-refractivity contribution >= 4 is 83.1 Å². The summed E-state index contributed by atoms with van der Waals surface area (Å²) in [5, 5.41) is 8.32. The lowest BCUT2D eigenvalue weighted by molar-refractivity contribution is 1.17. The standard InChI is InChI=1S/C58H36N4S/c1-2-18-42(19-3-1)61-51-26-10-11-27-54(51)63-55-36-40(30-32-52(55)61)39-29-31-50-48(35-39)56-45-22-7-5-15-38(45)28-33-53(56)62(50)43-20-12-17-41(34-43)58-59-49-25-9-8-23-47(49)57(60-58)46-24-13-16-37-14-4-6-21-44(37)46/h1-36H. The minimum atomic E-state index is 0.700. The van der Waals surface area contributed by atoms with Crippen LogP contribution in [0, 0.1) is 0 Å². The zero-order valence-electron chi connectivity index (χ0n) is 34.0. The Labute approximate surface area is 368 Å². The molecule has 0 aliphatic carbocycles. The minimum Gasteiger partial charge on any atom is -0.309 e. The topological polar surface area (TPSA) is 34.0 Å². The van der Waals surface area contributed by atoms with Gasteiger partial charge in [0.25, 0.3) is 0 Å². The summed E-state index contributed by atoms with van der Waals surface area (Å²) in [7, 11) is 0. The fourth-order valence-electron chi connectivity index (χ4n) is 9.67. The summed E-state index contributed by atoms with van der Waals surface area (Å²) < 4.78 is 2.41. The van der Waals surface area contributed by atoms with E-state index in [1.807, 2.05) is 11.8 Å². The zero-order valence-corrected chi connectivity index (χ0v) is 34.8. The molecule has 63 heavy (non-hydrogen) atoms. The number of aromatic nitrogens is 3. The van der Waals surface area contributed by atoms with Crippen molar-refractivity contribution in [3.8, 4) is 39.5 Å². The first-order valence-electron chi connectivity index (χ1n) is 21.3. The third-order valence-corrected chi connectivity index (χ3v) is 13.7. The van der Waals surface area contributed by atoms with Gasteiger partial charge >= 0.3 is 0 Å². The summed E-state index contributed by atoms with van der Waals surface area (Å²) in [6.45, 7) is 0. The normalized spacial score (nSPS) is 12.3. The second-order valence-electron chi connectivity index (χ2n) is 16.2. The molecule has 3 heterocycles. The summed E-state index contributed by atoms with van der Waals surface area (Å²) in [6, 6.07) is 78.6. The van der Waals surface area contributed by atoms with Gasteiger partial charge in [0.15, 0.2) is 5.82 Å². The molecule has 0 atom stereocenters. The second-order valence-corrected chi connectivity index (χ2v) is 17.2. The Hall–Kier alpha value is -7.99. The van der Waals surface area contributed by atoms with Crippen molar-refractivity contribution in [3.05, 3.63) is 218 Å². The minimum absolute atomic E-state index is 0.700. The first-order valence-corrected chi connectivity index (χ1v) is 22.1. The van der Waals surface area contributed by atoms with Crippen molar-refractivity contribution in [2.45, 2.75) is 9.79 Å². The van der Waals surface area contributed by atoms with Crippen molar-refractivity contribution in [1.82, 2.24) is 14.5 Å². The highest BCUT2D eigenvalue weighted by atomic mass is 32.2. The Morgan fingerprint density at radius 3 is 1.95 bits per heavy atom.